The van der Waals surface area contributed by atoms with Crippen molar-refractivity contribution < 1.29 is 0 Å². The fourth-order valence-corrected chi connectivity index (χ4v) is 9.16. The molecule has 290 valence electrons. The molecule has 0 bridgehead atoms. The molecule has 0 saturated heterocycles. The van der Waals surface area contributed by atoms with E-state index in [0.29, 0.717) is 0 Å². The van der Waals surface area contributed by atoms with Gasteiger partial charge < -0.3 is 0 Å². The van der Waals surface area contributed by atoms with E-state index in [0.717, 1.165) is 0 Å². The van der Waals surface area contributed by atoms with E-state index in [1.165, 1.54) is 245 Å². The maximum atomic E-state index is 2.60. The molecule has 0 fully saturated rings. The van der Waals surface area contributed by atoms with Crippen molar-refractivity contribution in [2.45, 2.75) is 232 Å². The largest absolute Gasteiger partial charge is 0.0654 e. The minimum absolute atomic E-state index is 1.25. The van der Waals surface area contributed by atoms with Crippen LogP contribution in [0.4, 0.5) is 0 Å². The normalized spacial score (nSPS) is 12.0. The molecule has 4 rings (SSSR count). The van der Waals surface area contributed by atoms with Crippen molar-refractivity contribution in [3.05, 3.63) is 59.7 Å². The second-order valence-electron chi connectivity index (χ2n) is 17.0. The fraction of sp³-hybridized carbons (Fsp3) is 0.692. The molecule has 0 aliphatic carbocycles. The Balaban J connectivity index is 1.14. The lowest BCUT2D eigenvalue weighted by atomic mass is 9.86. The van der Waals surface area contributed by atoms with E-state index in [1.54, 1.807) is 16.5 Å². The van der Waals surface area contributed by atoms with Gasteiger partial charge in [0.15, 0.2) is 0 Å². The second-order valence-corrected chi connectivity index (χ2v) is 17.0. The summed E-state index contributed by atoms with van der Waals surface area (Å²) >= 11 is 0. The number of hydrogen-bond donors (Lipinski definition) is 0. The van der Waals surface area contributed by atoms with Gasteiger partial charge in [-0.3, -0.25) is 0 Å². The Morgan fingerprint density at radius 1 is 0.308 bits per heavy atom. The molecule has 0 spiro atoms. The molecule has 0 atom stereocenters. The van der Waals surface area contributed by atoms with Crippen molar-refractivity contribution in [1.29, 1.82) is 0 Å². The molecule has 0 amide bonds. The van der Waals surface area contributed by atoms with Crippen LogP contribution in [0.2, 0.25) is 0 Å². The Hall–Kier alpha value is -2.08. The number of hydrogen-bond acceptors (Lipinski definition) is 0. The van der Waals surface area contributed by atoms with Crippen LogP contribution >= 0.6 is 0 Å². The van der Waals surface area contributed by atoms with E-state index in [-0.39, 0.29) is 0 Å². The molecular weight excluding hydrogens is 625 g/mol. The highest BCUT2D eigenvalue weighted by Crippen LogP contribution is 2.38. The molecule has 0 N–H and O–H groups in total. The van der Waals surface area contributed by atoms with E-state index in [4.69, 9.17) is 0 Å². The van der Waals surface area contributed by atoms with Crippen LogP contribution in [0, 0.1) is 0 Å². The van der Waals surface area contributed by atoms with Crippen molar-refractivity contribution in [3.8, 4) is 0 Å². The molecule has 0 heteroatoms. The number of rotatable bonds is 34. The lowest BCUT2D eigenvalue weighted by Gasteiger charge is -2.18. The molecule has 0 aliphatic heterocycles. The average Bonchev–Trinajstić information content (AvgIpc) is 3.17. The van der Waals surface area contributed by atoms with Crippen LogP contribution in [0.15, 0.2) is 48.5 Å². The van der Waals surface area contributed by atoms with Gasteiger partial charge in [-0.05, 0) is 69.1 Å². The summed E-state index contributed by atoms with van der Waals surface area (Å²) in [4.78, 5) is 0. The molecule has 4 aromatic carbocycles. The van der Waals surface area contributed by atoms with Gasteiger partial charge in [0.25, 0.3) is 0 Å². The second kappa shape index (κ2) is 27.5. The zero-order valence-electron chi connectivity index (χ0n) is 34.7. The monoisotopic (exact) mass is 707 g/mol. The third kappa shape index (κ3) is 15.7. The summed E-state index contributed by atoms with van der Waals surface area (Å²) in [7, 11) is 0. The Morgan fingerprint density at radius 3 is 1.08 bits per heavy atom. The number of aryl methyl sites for hydroxylation is 2. The third-order valence-corrected chi connectivity index (χ3v) is 12.4. The minimum Gasteiger partial charge on any atom is -0.0654 e. The SMILES string of the molecule is CCCCCCCCCCCCCCCCCCc1cc2ccc3cccc4ccc(c1CCCCCCCCCCCCCCCCCC)c2c34. The molecule has 0 saturated carbocycles. The summed E-state index contributed by atoms with van der Waals surface area (Å²) in [5.74, 6) is 0. The maximum absolute atomic E-state index is 2.60. The Labute approximate surface area is 323 Å². The van der Waals surface area contributed by atoms with Crippen molar-refractivity contribution in [1.82, 2.24) is 0 Å². The van der Waals surface area contributed by atoms with Crippen LogP contribution in [0.5, 0.6) is 0 Å². The van der Waals surface area contributed by atoms with Gasteiger partial charge in [-0.2, -0.15) is 0 Å². The standard InChI is InChI=1S/C52H82/c1-3-5-7-9-11-13-15-17-19-21-23-25-27-29-31-33-36-47-44-48-41-40-45-37-35-38-46-42-43-50(52(48)51(45)46)49(47)39-34-32-30-28-26-24-22-20-18-16-14-12-10-8-6-4-2/h35,37-38,40-44H,3-34,36,39H2,1-2H3. The van der Waals surface area contributed by atoms with E-state index in [1.807, 2.05) is 0 Å². The van der Waals surface area contributed by atoms with Crippen molar-refractivity contribution in [2.24, 2.45) is 0 Å². The van der Waals surface area contributed by atoms with Gasteiger partial charge in [0, 0.05) is 0 Å². The van der Waals surface area contributed by atoms with Gasteiger partial charge in [-0.1, -0.05) is 255 Å². The highest BCUT2D eigenvalue weighted by Gasteiger charge is 2.15. The average molecular weight is 707 g/mol. The summed E-state index contributed by atoms with van der Waals surface area (Å²) in [5, 5.41) is 8.82. The molecule has 0 radical (unpaired) electrons. The first-order valence-corrected chi connectivity index (χ1v) is 23.5. The van der Waals surface area contributed by atoms with Crippen LogP contribution in [0.3, 0.4) is 0 Å². The zero-order valence-corrected chi connectivity index (χ0v) is 34.7. The molecule has 0 nitrogen and oxygen atoms in total. The Kier molecular flexibility index (Phi) is 22.6. The van der Waals surface area contributed by atoms with Crippen molar-refractivity contribution >= 4 is 32.3 Å². The van der Waals surface area contributed by atoms with E-state index in [9.17, 15) is 0 Å². The minimum atomic E-state index is 1.25. The summed E-state index contributed by atoms with van der Waals surface area (Å²) in [6.45, 7) is 4.62. The van der Waals surface area contributed by atoms with Gasteiger partial charge in [0.05, 0.1) is 0 Å². The van der Waals surface area contributed by atoms with Crippen LogP contribution in [-0.2, 0) is 12.8 Å². The van der Waals surface area contributed by atoms with Crippen molar-refractivity contribution in [3.63, 3.8) is 0 Å². The predicted octanol–water partition coefficient (Wildman–Crippen LogP) is 18.2. The molecular formula is C52H82. The van der Waals surface area contributed by atoms with Crippen LogP contribution in [0.1, 0.15) is 230 Å². The molecule has 0 unspecified atom stereocenters. The summed E-state index contributed by atoms with van der Waals surface area (Å²) in [5.41, 5.74) is 3.33. The smallest absolute Gasteiger partial charge is 0.00238 e. The lowest BCUT2D eigenvalue weighted by Crippen LogP contribution is -1.99. The third-order valence-electron chi connectivity index (χ3n) is 12.4. The predicted molar refractivity (Wildman–Crippen MR) is 237 cm³/mol. The molecule has 0 heterocycles. The molecule has 52 heavy (non-hydrogen) atoms. The van der Waals surface area contributed by atoms with Gasteiger partial charge in [-0.25, -0.2) is 0 Å². The zero-order chi connectivity index (χ0) is 36.3. The first-order chi connectivity index (χ1) is 25.8. The number of benzene rings is 4. The highest BCUT2D eigenvalue weighted by molar-refractivity contribution is 6.23. The van der Waals surface area contributed by atoms with Crippen molar-refractivity contribution in [2.75, 3.05) is 0 Å². The quantitative estimate of drug-likeness (QED) is 0.0335. The van der Waals surface area contributed by atoms with Gasteiger partial charge in [-0.15, -0.1) is 0 Å². The first kappa shape index (κ1) is 42.7. The van der Waals surface area contributed by atoms with E-state index < -0.39 is 0 Å². The fourth-order valence-electron chi connectivity index (χ4n) is 9.16. The first-order valence-electron chi connectivity index (χ1n) is 23.5. The molecule has 0 aromatic heterocycles. The van der Waals surface area contributed by atoms with Crippen LogP contribution in [0.25, 0.3) is 32.3 Å². The Bertz CT molecular complexity index is 1410. The molecule has 0 aliphatic rings. The summed E-state index contributed by atoms with van der Waals surface area (Å²) < 4.78 is 0. The molecule has 4 aromatic rings. The summed E-state index contributed by atoms with van der Waals surface area (Å²) in [6.07, 6.45) is 48.5. The Morgan fingerprint density at radius 2 is 0.654 bits per heavy atom. The maximum Gasteiger partial charge on any atom is -0.00238 e. The van der Waals surface area contributed by atoms with E-state index in [2.05, 4.69) is 62.4 Å². The lowest BCUT2D eigenvalue weighted by molar-refractivity contribution is 0.528. The van der Waals surface area contributed by atoms with E-state index >= 15 is 0 Å². The topological polar surface area (TPSA) is 0 Å². The highest BCUT2D eigenvalue weighted by atomic mass is 14.2. The van der Waals surface area contributed by atoms with Gasteiger partial charge in [0.1, 0.15) is 0 Å². The van der Waals surface area contributed by atoms with Crippen LogP contribution in [-0.4, -0.2) is 0 Å². The van der Waals surface area contributed by atoms with Gasteiger partial charge in [0.2, 0.25) is 0 Å². The van der Waals surface area contributed by atoms with Crippen LogP contribution < -0.4 is 0 Å². The van der Waals surface area contributed by atoms with Gasteiger partial charge >= 0.3 is 0 Å². The summed E-state index contributed by atoms with van der Waals surface area (Å²) in [6, 6.07) is 19.1. The number of unbranched alkanes of at least 4 members (excludes halogenated alkanes) is 30.